The van der Waals surface area contributed by atoms with Crippen molar-refractivity contribution in [3.05, 3.63) is 62.4 Å². The molecule has 0 unspecified atom stereocenters. The Morgan fingerprint density at radius 1 is 1.37 bits per heavy atom. The van der Waals surface area contributed by atoms with Crippen molar-refractivity contribution in [3.63, 3.8) is 0 Å². The Morgan fingerprint density at radius 2 is 2.16 bits per heavy atom. The fourth-order valence-corrected chi connectivity index (χ4v) is 2.10. The number of pyridine rings is 1. The first-order valence-corrected chi connectivity index (χ1v) is 6.44. The highest BCUT2D eigenvalue weighted by Crippen LogP contribution is 2.25. The average molecular weight is 322 g/mol. The molecule has 0 bridgehead atoms. The van der Waals surface area contributed by atoms with E-state index in [0.29, 0.717) is 12.2 Å². The third-order valence-corrected chi connectivity index (χ3v) is 3.03. The molecule has 98 valence electrons. The number of aryl methyl sites for hydroxylation is 1. The number of hydrogen-bond acceptors (Lipinski definition) is 4. The third kappa shape index (κ3) is 3.51. The van der Waals surface area contributed by atoms with Crippen LogP contribution in [0.5, 0.6) is 0 Å². The maximum Gasteiger partial charge on any atom is 0.292 e. The predicted octanol–water partition coefficient (Wildman–Crippen LogP) is 3.67. The molecule has 1 aromatic heterocycles. The van der Waals surface area contributed by atoms with Crippen molar-refractivity contribution in [3.8, 4) is 0 Å². The van der Waals surface area contributed by atoms with Gasteiger partial charge in [-0.25, -0.2) is 0 Å². The molecule has 0 fully saturated rings. The van der Waals surface area contributed by atoms with E-state index in [0.717, 1.165) is 15.6 Å². The summed E-state index contributed by atoms with van der Waals surface area (Å²) in [6.45, 7) is 2.31. The third-order valence-electron chi connectivity index (χ3n) is 2.59. The first-order valence-electron chi connectivity index (χ1n) is 5.64. The molecule has 1 N–H and O–H groups in total. The number of nitro groups is 1. The first-order chi connectivity index (χ1) is 9.06. The van der Waals surface area contributed by atoms with E-state index in [4.69, 9.17) is 0 Å². The zero-order chi connectivity index (χ0) is 13.8. The molecule has 6 heteroatoms. The minimum absolute atomic E-state index is 0.0861. The molecule has 1 aromatic carbocycles. The van der Waals surface area contributed by atoms with Gasteiger partial charge >= 0.3 is 0 Å². The summed E-state index contributed by atoms with van der Waals surface area (Å²) < 4.78 is 0.880. The van der Waals surface area contributed by atoms with Crippen LogP contribution < -0.4 is 5.32 Å². The van der Waals surface area contributed by atoms with Crippen LogP contribution in [0.2, 0.25) is 0 Å². The molecule has 5 nitrogen and oxygen atoms in total. The molecule has 0 aliphatic carbocycles. The van der Waals surface area contributed by atoms with Gasteiger partial charge in [0.15, 0.2) is 0 Å². The molecule has 0 saturated carbocycles. The SMILES string of the molecule is Cc1ccc(NCc2cncc(Br)c2)c([N+](=O)[O-])c1. The van der Waals surface area contributed by atoms with E-state index < -0.39 is 0 Å². The Balaban J connectivity index is 2.17. The lowest BCUT2D eigenvalue weighted by Crippen LogP contribution is -2.03. The molecule has 0 amide bonds. The van der Waals surface area contributed by atoms with Crippen LogP contribution >= 0.6 is 15.9 Å². The number of benzene rings is 1. The summed E-state index contributed by atoms with van der Waals surface area (Å²) in [5.41, 5.74) is 2.41. The van der Waals surface area contributed by atoms with Gasteiger partial charge in [-0.2, -0.15) is 0 Å². The van der Waals surface area contributed by atoms with E-state index in [1.54, 1.807) is 24.5 Å². The Kier molecular flexibility index (Phi) is 4.11. The van der Waals surface area contributed by atoms with Crippen molar-refractivity contribution in [1.29, 1.82) is 0 Å². The first kappa shape index (κ1) is 13.5. The van der Waals surface area contributed by atoms with E-state index in [1.807, 2.05) is 19.1 Å². The number of halogens is 1. The monoisotopic (exact) mass is 321 g/mol. The fourth-order valence-electron chi connectivity index (χ4n) is 1.69. The Labute approximate surface area is 119 Å². The van der Waals surface area contributed by atoms with Gasteiger partial charge in [0.05, 0.1) is 4.92 Å². The van der Waals surface area contributed by atoms with Gasteiger partial charge in [0.1, 0.15) is 5.69 Å². The van der Waals surface area contributed by atoms with Crippen LogP contribution in [-0.2, 0) is 6.54 Å². The van der Waals surface area contributed by atoms with Gasteiger partial charge in [-0.15, -0.1) is 0 Å². The maximum absolute atomic E-state index is 11.0. The lowest BCUT2D eigenvalue weighted by molar-refractivity contribution is -0.384. The number of nitrogens with one attached hydrogen (secondary N) is 1. The molecule has 2 aromatic rings. The number of nitro benzene ring substituents is 1. The van der Waals surface area contributed by atoms with E-state index >= 15 is 0 Å². The van der Waals surface area contributed by atoms with Gasteiger partial charge in [0.2, 0.25) is 0 Å². The molecular weight excluding hydrogens is 310 g/mol. The van der Waals surface area contributed by atoms with Gasteiger partial charge in [-0.3, -0.25) is 15.1 Å². The van der Waals surface area contributed by atoms with E-state index in [2.05, 4.69) is 26.2 Å². The Bertz CT molecular complexity index is 617. The van der Waals surface area contributed by atoms with Crippen LogP contribution in [0, 0.1) is 17.0 Å². The summed E-state index contributed by atoms with van der Waals surface area (Å²) in [4.78, 5) is 14.7. The molecule has 2 rings (SSSR count). The molecule has 0 aliphatic heterocycles. The number of anilines is 1. The topological polar surface area (TPSA) is 68.1 Å². The number of aromatic nitrogens is 1. The van der Waals surface area contributed by atoms with Crippen molar-refractivity contribution in [2.24, 2.45) is 0 Å². The van der Waals surface area contributed by atoms with Crippen LogP contribution in [0.3, 0.4) is 0 Å². The highest BCUT2D eigenvalue weighted by Gasteiger charge is 2.13. The van der Waals surface area contributed by atoms with Gasteiger partial charge in [-0.05, 0) is 46.1 Å². The standard InChI is InChI=1S/C13H12BrN3O2/c1-9-2-3-12(13(4-9)17(18)19)16-7-10-5-11(14)8-15-6-10/h2-6,8,16H,7H2,1H3. The van der Waals surface area contributed by atoms with Crippen molar-refractivity contribution in [1.82, 2.24) is 4.98 Å². The summed E-state index contributed by atoms with van der Waals surface area (Å²) in [5, 5.41) is 14.0. The zero-order valence-corrected chi connectivity index (χ0v) is 11.8. The Morgan fingerprint density at radius 3 is 2.84 bits per heavy atom. The normalized spacial score (nSPS) is 10.2. The summed E-state index contributed by atoms with van der Waals surface area (Å²) in [6, 6.07) is 7.04. The number of rotatable bonds is 4. The van der Waals surface area contributed by atoms with Crippen LogP contribution in [0.1, 0.15) is 11.1 Å². The lowest BCUT2D eigenvalue weighted by Gasteiger charge is -2.07. The fraction of sp³-hybridized carbons (Fsp3) is 0.154. The van der Waals surface area contributed by atoms with Gasteiger partial charge in [0, 0.05) is 29.5 Å². The molecule has 0 spiro atoms. The van der Waals surface area contributed by atoms with Crippen LogP contribution in [0.25, 0.3) is 0 Å². The van der Waals surface area contributed by atoms with Crippen LogP contribution in [0.15, 0.2) is 41.1 Å². The maximum atomic E-state index is 11.0. The second-order valence-corrected chi connectivity index (χ2v) is 5.06. The largest absolute Gasteiger partial charge is 0.375 e. The zero-order valence-electron chi connectivity index (χ0n) is 10.3. The summed E-state index contributed by atoms with van der Waals surface area (Å²) in [6.07, 6.45) is 3.41. The van der Waals surface area contributed by atoms with Crippen molar-refractivity contribution < 1.29 is 4.92 Å². The van der Waals surface area contributed by atoms with Crippen LogP contribution in [0.4, 0.5) is 11.4 Å². The average Bonchev–Trinajstić information content (AvgIpc) is 2.37. The smallest absolute Gasteiger partial charge is 0.292 e. The summed E-state index contributed by atoms with van der Waals surface area (Å²) in [5.74, 6) is 0. The highest BCUT2D eigenvalue weighted by atomic mass is 79.9. The number of nitrogens with zero attached hydrogens (tertiary/aromatic N) is 2. The molecule has 0 saturated heterocycles. The molecule has 1 heterocycles. The second-order valence-electron chi connectivity index (χ2n) is 4.14. The molecular formula is C13H12BrN3O2. The van der Waals surface area contributed by atoms with E-state index in [-0.39, 0.29) is 10.6 Å². The van der Waals surface area contributed by atoms with Gasteiger partial charge < -0.3 is 5.32 Å². The molecule has 0 aliphatic rings. The Hall–Kier alpha value is -1.95. The van der Waals surface area contributed by atoms with Gasteiger partial charge in [0.25, 0.3) is 5.69 Å². The van der Waals surface area contributed by atoms with E-state index in [1.165, 1.54) is 0 Å². The summed E-state index contributed by atoms with van der Waals surface area (Å²) >= 11 is 3.34. The van der Waals surface area contributed by atoms with Crippen molar-refractivity contribution >= 4 is 27.3 Å². The quantitative estimate of drug-likeness (QED) is 0.689. The minimum atomic E-state index is -0.380. The molecule has 0 atom stereocenters. The van der Waals surface area contributed by atoms with Crippen LogP contribution in [-0.4, -0.2) is 9.91 Å². The predicted molar refractivity (Wildman–Crippen MR) is 77.1 cm³/mol. The molecule has 19 heavy (non-hydrogen) atoms. The minimum Gasteiger partial charge on any atom is -0.375 e. The highest BCUT2D eigenvalue weighted by molar-refractivity contribution is 9.10. The second kappa shape index (κ2) is 5.79. The summed E-state index contributed by atoms with van der Waals surface area (Å²) in [7, 11) is 0. The van der Waals surface area contributed by atoms with Gasteiger partial charge in [-0.1, -0.05) is 6.07 Å². The van der Waals surface area contributed by atoms with Crippen molar-refractivity contribution in [2.45, 2.75) is 13.5 Å². The van der Waals surface area contributed by atoms with E-state index in [9.17, 15) is 10.1 Å². The molecule has 0 radical (unpaired) electrons. The number of hydrogen-bond donors (Lipinski definition) is 1. The lowest BCUT2D eigenvalue weighted by atomic mass is 10.2. The van der Waals surface area contributed by atoms with Crippen molar-refractivity contribution in [2.75, 3.05) is 5.32 Å².